The normalized spacial score (nSPS) is 10.8. The third kappa shape index (κ3) is 2.18. The van der Waals surface area contributed by atoms with E-state index in [2.05, 4.69) is 9.97 Å². The lowest BCUT2D eigenvalue weighted by Crippen LogP contribution is -1.99. The van der Waals surface area contributed by atoms with E-state index in [9.17, 15) is 4.79 Å². The SMILES string of the molecule is O=C(O)c1cccc(-c2cc3nccc(Cl)c3s2)n1. The Balaban J connectivity index is 2.16. The fraction of sp³-hybridized carbons (Fsp3) is 0. The van der Waals surface area contributed by atoms with Crippen molar-refractivity contribution in [1.29, 1.82) is 0 Å². The predicted molar refractivity (Wildman–Crippen MR) is 74.8 cm³/mol. The van der Waals surface area contributed by atoms with Crippen LogP contribution in [0.15, 0.2) is 36.5 Å². The summed E-state index contributed by atoms with van der Waals surface area (Å²) in [6, 6.07) is 8.49. The molecule has 19 heavy (non-hydrogen) atoms. The third-order valence-corrected chi connectivity index (χ3v) is 4.19. The van der Waals surface area contributed by atoms with Crippen LogP contribution in [0.4, 0.5) is 0 Å². The molecule has 0 aliphatic heterocycles. The zero-order valence-corrected chi connectivity index (χ0v) is 11.1. The van der Waals surface area contributed by atoms with Crippen molar-refractivity contribution >= 4 is 39.1 Å². The topological polar surface area (TPSA) is 63.1 Å². The lowest BCUT2D eigenvalue weighted by atomic mass is 10.2. The largest absolute Gasteiger partial charge is 0.477 e. The molecule has 0 radical (unpaired) electrons. The first kappa shape index (κ1) is 12.1. The highest BCUT2D eigenvalue weighted by Gasteiger charge is 2.11. The summed E-state index contributed by atoms with van der Waals surface area (Å²) in [5.41, 5.74) is 1.42. The summed E-state index contributed by atoms with van der Waals surface area (Å²) in [7, 11) is 0. The Morgan fingerprint density at radius 2 is 2.16 bits per heavy atom. The minimum absolute atomic E-state index is 0.0222. The summed E-state index contributed by atoms with van der Waals surface area (Å²) in [6.45, 7) is 0. The number of rotatable bonds is 2. The highest BCUT2D eigenvalue weighted by molar-refractivity contribution is 7.22. The summed E-state index contributed by atoms with van der Waals surface area (Å²) >= 11 is 7.54. The predicted octanol–water partition coefficient (Wildman–Crippen LogP) is 3.71. The molecule has 0 bridgehead atoms. The minimum atomic E-state index is -1.04. The lowest BCUT2D eigenvalue weighted by molar-refractivity contribution is 0.0690. The number of aromatic nitrogens is 2. The van der Waals surface area contributed by atoms with E-state index >= 15 is 0 Å². The number of pyridine rings is 2. The second kappa shape index (κ2) is 4.60. The Bertz CT molecular complexity index is 785. The molecule has 0 unspecified atom stereocenters. The van der Waals surface area contributed by atoms with Crippen LogP contribution >= 0.6 is 22.9 Å². The maximum absolute atomic E-state index is 10.9. The molecule has 0 saturated heterocycles. The fourth-order valence-corrected chi connectivity index (χ4v) is 2.98. The summed E-state index contributed by atoms with van der Waals surface area (Å²) in [6.07, 6.45) is 1.64. The fourth-order valence-electron chi connectivity index (χ4n) is 1.72. The van der Waals surface area contributed by atoms with Crippen molar-refractivity contribution in [3.8, 4) is 10.6 Å². The van der Waals surface area contributed by atoms with Gasteiger partial charge in [-0.15, -0.1) is 11.3 Å². The molecular formula is C13H7ClN2O2S. The van der Waals surface area contributed by atoms with E-state index in [4.69, 9.17) is 16.7 Å². The molecule has 6 heteroatoms. The van der Waals surface area contributed by atoms with Crippen LogP contribution in [-0.2, 0) is 0 Å². The van der Waals surface area contributed by atoms with Gasteiger partial charge in [-0.2, -0.15) is 0 Å². The molecule has 4 nitrogen and oxygen atoms in total. The van der Waals surface area contributed by atoms with Crippen LogP contribution in [0, 0.1) is 0 Å². The molecule has 0 saturated carbocycles. The molecule has 3 heterocycles. The van der Waals surface area contributed by atoms with Gasteiger partial charge in [0.1, 0.15) is 5.69 Å². The molecule has 0 aromatic carbocycles. The van der Waals surface area contributed by atoms with E-state index in [0.29, 0.717) is 10.7 Å². The molecule has 0 aliphatic rings. The number of hydrogen-bond donors (Lipinski definition) is 1. The zero-order valence-electron chi connectivity index (χ0n) is 9.50. The highest BCUT2D eigenvalue weighted by atomic mass is 35.5. The molecule has 0 atom stereocenters. The average molecular weight is 291 g/mol. The lowest BCUT2D eigenvalue weighted by Gasteiger charge is -1.97. The van der Waals surface area contributed by atoms with E-state index in [1.54, 1.807) is 24.4 Å². The summed E-state index contributed by atoms with van der Waals surface area (Å²) in [4.78, 5) is 20.1. The van der Waals surface area contributed by atoms with Gasteiger partial charge in [0.25, 0.3) is 0 Å². The molecule has 0 fully saturated rings. The molecular weight excluding hydrogens is 284 g/mol. The van der Waals surface area contributed by atoms with Gasteiger partial charge in [0.2, 0.25) is 0 Å². The van der Waals surface area contributed by atoms with Crippen molar-refractivity contribution < 1.29 is 9.90 Å². The second-order valence-electron chi connectivity index (χ2n) is 3.83. The van der Waals surface area contributed by atoms with Crippen LogP contribution in [0.25, 0.3) is 20.8 Å². The van der Waals surface area contributed by atoms with Gasteiger partial charge in [-0.25, -0.2) is 9.78 Å². The molecule has 0 spiro atoms. The first-order valence-electron chi connectivity index (χ1n) is 5.40. The Labute approximate surface area is 117 Å². The van der Waals surface area contributed by atoms with Crippen molar-refractivity contribution in [2.24, 2.45) is 0 Å². The first-order chi connectivity index (χ1) is 9.15. The van der Waals surface area contributed by atoms with Gasteiger partial charge in [-0.05, 0) is 24.3 Å². The van der Waals surface area contributed by atoms with Crippen molar-refractivity contribution in [3.63, 3.8) is 0 Å². The van der Waals surface area contributed by atoms with Gasteiger partial charge in [0.15, 0.2) is 0 Å². The standard InChI is InChI=1S/C13H7ClN2O2S/c14-7-4-5-15-10-6-11(19-12(7)10)8-2-1-3-9(16-8)13(17)18/h1-6H,(H,17,18). The Kier molecular flexibility index (Phi) is 2.93. The van der Waals surface area contributed by atoms with E-state index in [1.807, 2.05) is 6.07 Å². The van der Waals surface area contributed by atoms with Gasteiger partial charge in [-0.3, -0.25) is 4.98 Å². The highest BCUT2D eigenvalue weighted by Crippen LogP contribution is 2.35. The van der Waals surface area contributed by atoms with Crippen molar-refractivity contribution in [2.45, 2.75) is 0 Å². The van der Waals surface area contributed by atoms with Crippen LogP contribution in [-0.4, -0.2) is 21.0 Å². The number of carboxylic acids is 1. The number of fused-ring (bicyclic) bond motifs is 1. The number of thiophene rings is 1. The molecule has 3 aromatic rings. The second-order valence-corrected chi connectivity index (χ2v) is 5.29. The van der Waals surface area contributed by atoms with E-state index < -0.39 is 5.97 Å². The maximum Gasteiger partial charge on any atom is 0.354 e. The number of aromatic carboxylic acids is 1. The zero-order chi connectivity index (χ0) is 13.4. The third-order valence-electron chi connectivity index (χ3n) is 2.58. The summed E-state index contributed by atoms with van der Waals surface area (Å²) in [5.74, 6) is -1.04. The monoisotopic (exact) mass is 290 g/mol. The van der Waals surface area contributed by atoms with Crippen LogP contribution < -0.4 is 0 Å². The van der Waals surface area contributed by atoms with Gasteiger partial charge in [0.05, 0.1) is 25.8 Å². The van der Waals surface area contributed by atoms with Crippen molar-refractivity contribution in [1.82, 2.24) is 9.97 Å². The summed E-state index contributed by atoms with van der Waals surface area (Å²) < 4.78 is 0.877. The average Bonchev–Trinajstić information content (AvgIpc) is 2.84. The van der Waals surface area contributed by atoms with Crippen molar-refractivity contribution in [3.05, 3.63) is 47.2 Å². The van der Waals surface area contributed by atoms with Gasteiger partial charge in [-0.1, -0.05) is 17.7 Å². The number of carbonyl (C=O) groups is 1. The smallest absolute Gasteiger partial charge is 0.354 e. The molecule has 3 aromatic heterocycles. The number of halogens is 1. The van der Waals surface area contributed by atoms with Crippen LogP contribution in [0.5, 0.6) is 0 Å². The minimum Gasteiger partial charge on any atom is -0.477 e. The molecule has 1 N–H and O–H groups in total. The first-order valence-corrected chi connectivity index (χ1v) is 6.59. The number of carboxylic acid groups (broad SMARTS) is 1. The Morgan fingerprint density at radius 1 is 1.32 bits per heavy atom. The Hall–Kier alpha value is -1.98. The Morgan fingerprint density at radius 3 is 2.89 bits per heavy atom. The molecule has 3 rings (SSSR count). The van der Waals surface area contributed by atoms with E-state index in [0.717, 1.165) is 15.1 Å². The van der Waals surface area contributed by atoms with Crippen LogP contribution in [0.3, 0.4) is 0 Å². The molecule has 94 valence electrons. The van der Waals surface area contributed by atoms with Gasteiger partial charge in [0, 0.05) is 6.20 Å². The van der Waals surface area contributed by atoms with Crippen molar-refractivity contribution in [2.75, 3.05) is 0 Å². The number of nitrogens with zero attached hydrogens (tertiary/aromatic N) is 2. The van der Waals surface area contributed by atoms with Crippen LogP contribution in [0.2, 0.25) is 5.02 Å². The number of hydrogen-bond acceptors (Lipinski definition) is 4. The quantitative estimate of drug-likeness (QED) is 0.781. The maximum atomic E-state index is 10.9. The van der Waals surface area contributed by atoms with Gasteiger partial charge < -0.3 is 5.11 Å². The van der Waals surface area contributed by atoms with E-state index in [-0.39, 0.29) is 5.69 Å². The molecule has 0 amide bonds. The van der Waals surface area contributed by atoms with E-state index in [1.165, 1.54) is 17.4 Å². The van der Waals surface area contributed by atoms with Gasteiger partial charge >= 0.3 is 5.97 Å². The van der Waals surface area contributed by atoms with Crippen LogP contribution in [0.1, 0.15) is 10.5 Å². The molecule has 0 aliphatic carbocycles. The summed E-state index contributed by atoms with van der Waals surface area (Å²) in [5, 5.41) is 9.58.